The van der Waals surface area contributed by atoms with Crippen molar-refractivity contribution in [3.05, 3.63) is 29.6 Å². The highest BCUT2D eigenvalue weighted by atomic mass is 32.1. The van der Waals surface area contributed by atoms with Crippen LogP contribution in [-0.2, 0) is 0 Å². The quantitative estimate of drug-likeness (QED) is 0.844. The van der Waals surface area contributed by atoms with Gasteiger partial charge in [0.1, 0.15) is 23.2 Å². The van der Waals surface area contributed by atoms with Crippen LogP contribution >= 0.6 is 12.6 Å². The molecule has 0 unspecified atom stereocenters. The lowest BCUT2D eigenvalue weighted by Gasteiger charge is -2.26. The van der Waals surface area contributed by atoms with Gasteiger partial charge in [0.05, 0.1) is 6.61 Å². The van der Waals surface area contributed by atoms with E-state index in [0.717, 1.165) is 18.6 Å². The Balaban J connectivity index is 2.11. The van der Waals surface area contributed by atoms with Crippen molar-refractivity contribution in [3.8, 4) is 11.8 Å². The number of hydrogen-bond acceptors (Lipinski definition) is 3. The minimum absolute atomic E-state index is 0.00943. The molecule has 1 aliphatic rings. The third-order valence-corrected chi connectivity index (χ3v) is 4.29. The minimum Gasteiger partial charge on any atom is -0.491 e. The van der Waals surface area contributed by atoms with E-state index in [1.54, 1.807) is 12.1 Å². The van der Waals surface area contributed by atoms with Crippen LogP contribution in [-0.4, -0.2) is 12.4 Å². The molecule has 0 atom stereocenters. The molecule has 0 aliphatic heterocycles. The van der Waals surface area contributed by atoms with Crippen molar-refractivity contribution in [2.75, 3.05) is 12.4 Å². The first kappa shape index (κ1) is 13.2. The van der Waals surface area contributed by atoms with E-state index in [1.807, 2.05) is 6.07 Å². The van der Waals surface area contributed by atoms with Crippen molar-refractivity contribution in [3.63, 3.8) is 0 Å². The van der Waals surface area contributed by atoms with Crippen LogP contribution in [0.2, 0.25) is 0 Å². The first-order chi connectivity index (χ1) is 8.71. The Morgan fingerprint density at radius 2 is 2.11 bits per heavy atom. The fourth-order valence-electron chi connectivity index (χ4n) is 2.44. The molecule has 1 aromatic carbocycles. The van der Waals surface area contributed by atoms with Crippen molar-refractivity contribution < 1.29 is 9.13 Å². The monoisotopic (exact) mass is 265 g/mol. The van der Waals surface area contributed by atoms with E-state index < -0.39 is 5.82 Å². The number of hydrogen-bond donors (Lipinski definition) is 1. The van der Waals surface area contributed by atoms with Gasteiger partial charge in [0.25, 0.3) is 0 Å². The molecule has 4 heteroatoms. The number of halogens is 1. The van der Waals surface area contributed by atoms with Crippen molar-refractivity contribution in [1.82, 2.24) is 0 Å². The lowest BCUT2D eigenvalue weighted by Crippen LogP contribution is -2.27. The van der Waals surface area contributed by atoms with Gasteiger partial charge in [-0.3, -0.25) is 0 Å². The van der Waals surface area contributed by atoms with Gasteiger partial charge < -0.3 is 4.74 Å². The third kappa shape index (κ3) is 2.62. The molecule has 2 rings (SSSR count). The van der Waals surface area contributed by atoms with Gasteiger partial charge in [-0.2, -0.15) is 17.9 Å². The van der Waals surface area contributed by atoms with E-state index in [4.69, 9.17) is 10.00 Å². The highest BCUT2D eigenvalue weighted by Gasteiger charge is 2.33. The molecule has 0 bridgehead atoms. The Kier molecular flexibility index (Phi) is 4.13. The van der Waals surface area contributed by atoms with Crippen LogP contribution in [0.25, 0.3) is 0 Å². The van der Waals surface area contributed by atoms with Crippen LogP contribution in [0.5, 0.6) is 5.75 Å². The van der Waals surface area contributed by atoms with Crippen LogP contribution < -0.4 is 4.74 Å². The molecule has 1 aromatic rings. The summed E-state index contributed by atoms with van der Waals surface area (Å²) in [6.45, 7) is 0.509. The van der Waals surface area contributed by atoms with Gasteiger partial charge in [-0.25, -0.2) is 4.39 Å². The fourth-order valence-corrected chi connectivity index (χ4v) is 2.84. The largest absolute Gasteiger partial charge is 0.491 e. The number of thiol groups is 1. The molecule has 2 nitrogen and oxygen atoms in total. The zero-order valence-corrected chi connectivity index (χ0v) is 11.0. The minimum atomic E-state index is -0.527. The predicted octanol–water partition coefficient (Wildman–Crippen LogP) is 3.57. The van der Waals surface area contributed by atoms with E-state index in [2.05, 4.69) is 12.6 Å². The summed E-state index contributed by atoms with van der Waals surface area (Å²) < 4.78 is 19.1. The molecule has 0 N–H and O–H groups in total. The van der Waals surface area contributed by atoms with Crippen LogP contribution in [0.4, 0.5) is 4.39 Å². The second-order valence-electron chi connectivity index (χ2n) is 4.88. The number of nitriles is 1. The highest BCUT2D eigenvalue weighted by Crippen LogP contribution is 2.39. The summed E-state index contributed by atoms with van der Waals surface area (Å²) in [5, 5.41) is 8.93. The van der Waals surface area contributed by atoms with Gasteiger partial charge in [-0.05, 0) is 30.7 Å². The maximum absolute atomic E-state index is 13.4. The molecule has 0 amide bonds. The number of nitrogens with zero attached hydrogens (tertiary/aromatic N) is 1. The number of ether oxygens (including phenoxy) is 1. The van der Waals surface area contributed by atoms with Gasteiger partial charge in [-0.1, -0.05) is 18.9 Å². The molecule has 96 valence electrons. The molecule has 1 aliphatic carbocycles. The molecule has 1 fully saturated rings. The van der Waals surface area contributed by atoms with Gasteiger partial charge >= 0.3 is 0 Å². The van der Waals surface area contributed by atoms with Crippen molar-refractivity contribution in [2.24, 2.45) is 5.41 Å². The average molecular weight is 265 g/mol. The molecular formula is C14H16FNOS. The Labute approximate surface area is 112 Å². The Hall–Kier alpha value is -1.21. The second-order valence-corrected chi connectivity index (χ2v) is 5.19. The summed E-state index contributed by atoms with van der Waals surface area (Å²) in [6, 6.07) is 6.33. The second kappa shape index (κ2) is 5.62. The van der Waals surface area contributed by atoms with Crippen LogP contribution in [0.3, 0.4) is 0 Å². The number of rotatable bonds is 4. The zero-order chi connectivity index (χ0) is 13.0. The van der Waals surface area contributed by atoms with Gasteiger partial charge in [0.2, 0.25) is 0 Å². The summed E-state index contributed by atoms with van der Waals surface area (Å²) in [7, 11) is 0. The van der Waals surface area contributed by atoms with E-state index in [-0.39, 0.29) is 11.0 Å². The molecule has 0 saturated heterocycles. The van der Waals surface area contributed by atoms with Gasteiger partial charge in [-0.15, -0.1) is 0 Å². The van der Waals surface area contributed by atoms with E-state index in [0.29, 0.717) is 12.4 Å². The first-order valence-electron chi connectivity index (χ1n) is 6.13. The summed E-state index contributed by atoms with van der Waals surface area (Å²) in [5.74, 6) is 0.580. The highest BCUT2D eigenvalue weighted by molar-refractivity contribution is 7.80. The van der Waals surface area contributed by atoms with Gasteiger partial charge in [0.15, 0.2) is 0 Å². The normalized spacial score (nSPS) is 17.4. The third-order valence-electron chi connectivity index (χ3n) is 3.62. The fraction of sp³-hybridized carbons (Fsp3) is 0.500. The SMILES string of the molecule is N#Cc1c(F)cccc1OCC1(CS)CCCC1. The van der Waals surface area contributed by atoms with Gasteiger partial charge in [0, 0.05) is 5.41 Å². The van der Waals surface area contributed by atoms with E-state index >= 15 is 0 Å². The Morgan fingerprint density at radius 1 is 1.39 bits per heavy atom. The number of benzene rings is 1. The molecule has 18 heavy (non-hydrogen) atoms. The summed E-state index contributed by atoms with van der Waals surface area (Å²) in [4.78, 5) is 0. The predicted molar refractivity (Wildman–Crippen MR) is 71.4 cm³/mol. The van der Waals surface area contributed by atoms with Crippen LogP contribution in [0.15, 0.2) is 18.2 Å². The molecule has 1 saturated carbocycles. The van der Waals surface area contributed by atoms with Crippen LogP contribution in [0.1, 0.15) is 31.2 Å². The summed E-state index contributed by atoms with van der Waals surface area (Å²) in [5.41, 5.74) is 0.0760. The topological polar surface area (TPSA) is 33.0 Å². The average Bonchev–Trinajstić information content (AvgIpc) is 2.86. The van der Waals surface area contributed by atoms with Crippen molar-refractivity contribution in [2.45, 2.75) is 25.7 Å². The lowest BCUT2D eigenvalue weighted by atomic mass is 9.90. The maximum Gasteiger partial charge on any atom is 0.144 e. The van der Waals surface area contributed by atoms with E-state index in [9.17, 15) is 4.39 Å². The maximum atomic E-state index is 13.4. The Bertz CT molecular complexity index is 463. The smallest absolute Gasteiger partial charge is 0.144 e. The van der Waals surface area contributed by atoms with Crippen LogP contribution in [0, 0.1) is 22.6 Å². The molecule has 0 heterocycles. The Morgan fingerprint density at radius 3 is 2.72 bits per heavy atom. The molecule has 0 aromatic heterocycles. The summed E-state index contributed by atoms with van der Waals surface area (Å²) >= 11 is 4.40. The zero-order valence-electron chi connectivity index (χ0n) is 10.2. The molecule has 0 radical (unpaired) electrons. The van der Waals surface area contributed by atoms with E-state index in [1.165, 1.54) is 18.9 Å². The summed E-state index contributed by atoms with van der Waals surface area (Å²) in [6.07, 6.45) is 4.57. The first-order valence-corrected chi connectivity index (χ1v) is 6.76. The van der Waals surface area contributed by atoms with Crippen molar-refractivity contribution in [1.29, 1.82) is 5.26 Å². The lowest BCUT2D eigenvalue weighted by molar-refractivity contribution is 0.172. The standard InChI is InChI=1S/C14H16FNOS/c15-12-4-3-5-13(11(12)8-16)17-9-14(10-18)6-1-2-7-14/h3-5,18H,1-2,6-7,9-10H2. The van der Waals surface area contributed by atoms with Crippen molar-refractivity contribution >= 4 is 12.6 Å². The molecular weight excluding hydrogens is 249 g/mol. The molecule has 0 spiro atoms.